The van der Waals surface area contributed by atoms with Crippen LogP contribution < -0.4 is 10.9 Å². The van der Waals surface area contributed by atoms with Crippen LogP contribution in [0.2, 0.25) is 0 Å². The molecule has 0 atom stereocenters. The molecule has 0 aliphatic carbocycles. The van der Waals surface area contributed by atoms with Crippen molar-refractivity contribution in [3.63, 3.8) is 0 Å². The van der Waals surface area contributed by atoms with Gasteiger partial charge in [0.15, 0.2) is 11.2 Å². The predicted molar refractivity (Wildman–Crippen MR) is 95.9 cm³/mol. The van der Waals surface area contributed by atoms with E-state index in [-0.39, 0.29) is 23.4 Å². The summed E-state index contributed by atoms with van der Waals surface area (Å²) in [4.78, 5) is 28.9. The van der Waals surface area contributed by atoms with Gasteiger partial charge < -0.3 is 5.32 Å². The zero-order chi connectivity index (χ0) is 18.8. The van der Waals surface area contributed by atoms with Crippen molar-refractivity contribution in [2.24, 2.45) is 0 Å². The van der Waals surface area contributed by atoms with Crippen LogP contribution in [0.3, 0.4) is 0 Å². The minimum atomic E-state index is -0.558. The molecule has 0 unspecified atom stereocenters. The summed E-state index contributed by atoms with van der Waals surface area (Å²) in [6.07, 6.45) is 1.24. The Bertz CT molecular complexity index is 1190. The zero-order valence-corrected chi connectivity index (χ0v) is 13.9. The molecule has 1 N–H and O–H groups in total. The molecule has 0 saturated carbocycles. The quantitative estimate of drug-likeness (QED) is 0.595. The summed E-state index contributed by atoms with van der Waals surface area (Å²) in [6, 6.07) is 14.9. The normalized spacial score (nSPS) is 10.9. The van der Waals surface area contributed by atoms with Crippen molar-refractivity contribution in [3.8, 4) is 5.69 Å². The number of nitrogens with zero attached hydrogens (tertiary/aromatic N) is 5. The number of benzene rings is 2. The van der Waals surface area contributed by atoms with Gasteiger partial charge in [0.2, 0.25) is 5.91 Å². The van der Waals surface area contributed by atoms with Gasteiger partial charge in [-0.1, -0.05) is 35.5 Å². The Kier molecular flexibility index (Phi) is 4.17. The number of hydrogen-bond acceptors (Lipinski definition) is 5. The number of rotatable bonds is 4. The molecule has 1 amide bonds. The Balaban J connectivity index is 1.62. The summed E-state index contributed by atoms with van der Waals surface area (Å²) in [5, 5.41) is 10.3. The molecule has 0 aliphatic heterocycles. The van der Waals surface area contributed by atoms with Crippen molar-refractivity contribution in [1.29, 1.82) is 0 Å². The summed E-state index contributed by atoms with van der Waals surface area (Å²) in [5.41, 5.74) is 0.574. The van der Waals surface area contributed by atoms with Gasteiger partial charge >= 0.3 is 0 Å². The van der Waals surface area contributed by atoms with E-state index in [2.05, 4.69) is 20.6 Å². The highest BCUT2D eigenvalue weighted by Crippen LogP contribution is 2.13. The molecule has 4 rings (SSSR count). The Labute approximate surface area is 151 Å². The molecular weight excluding hydrogens is 351 g/mol. The van der Waals surface area contributed by atoms with Gasteiger partial charge in [0.05, 0.1) is 11.4 Å². The fourth-order valence-electron chi connectivity index (χ4n) is 2.61. The maximum atomic E-state index is 13.6. The topological polar surface area (TPSA) is 94.7 Å². The van der Waals surface area contributed by atoms with Gasteiger partial charge in [0.1, 0.15) is 18.7 Å². The predicted octanol–water partition coefficient (Wildman–Crippen LogP) is 1.75. The number of para-hydroxylation sites is 2. The van der Waals surface area contributed by atoms with E-state index in [1.807, 2.05) is 30.3 Å². The second-order valence-corrected chi connectivity index (χ2v) is 5.71. The first-order chi connectivity index (χ1) is 13.1. The molecular formula is C18H13FN6O2. The van der Waals surface area contributed by atoms with Crippen molar-refractivity contribution >= 4 is 22.8 Å². The Morgan fingerprint density at radius 3 is 2.59 bits per heavy atom. The largest absolute Gasteiger partial charge is 0.322 e. The van der Waals surface area contributed by atoms with Crippen molar-refractivity contribution in [1.82, 2.24) is 24.5 Å². The average Bonchev–Trinajstić information content (AvgIpc) is 3.11. The maximum Gasteiger partial charge on any atom is 0.284 e. The number of halogens is 1. The lowest BCUT2D eigenvalue weighted by Crippen LogP contribution is -2.28. The van der Waals surface area contributed by atoms with E-state index in [1.54, 1.807) is 6.07 Å². The molecule has 0 saturated heterocycles. The average molecular weight is 364 g/mol. The van der Waals surface area contributed by atoms with Crippen LogP contribution in [-0.4, -0.2) is 30.5 Å². The first-order valence-electron chi connectivity index (χ1n) is 8.04. The van der Waals surface area contributed by atoms with E-state index in [4.69, 9.17) is 0 Å². The second kappa shape index (κ2) is 6.79. The number of fused-ring (bicyclic) bond motifs is 1. The number of anilines is 1. The first-order valence-corrected chi connectivity index (χ1v) is 8.04. The fraction of sp³-hybridized carbons (Fsp3) is 0.0556. The van der Waals surface area contributed by atoms with E-state index in [1.165, 1.54) is 29.2 Å². The van der Waals surface area contributed by atoms with Gasteiger partial charge in [-0.25, -0.2) is 9.37 Å². The minimum absolute atomic E-state index is 0.0413. The lowest BCUT2D eigenvalue weighted by Gasteiger charge is -2.08. The lowest BCUT2D eigenvalue weighted by molar-refractivity contribution is -0.116. The first kappa shape index (κ1) is 16.6. The molecule has 8 nitrogen and oxygen atoms in total. The molecule has 2 heterocycles. The number of carbonyl (C=O) groups excluding carboxylic acids is 1. The monoisotopic (exact) mass is 364 g/mol. The summed E-state index contributed by atoms with van der Waals surface area (Å²) >= 11 is 0. The second-order valence-electron chi connectivity index (χ2n) is 5.71. The van der Waals surface area contributed by atoms with E-state index in [0.29, 0.717) is 5.69 Å². The molecule has 2 aromatic carbocycles. The van der Waals surface area contributed by atoms with Crippen LogP contribution in [0, 0.1) is 5.82 Å². The van der Waals surface area contributed by atoms with E-state index in [9.17, 15) is 14.0 Å². The summed E-state index contributed by atoms with van der Waals surface area (Å²) in [5.74, 6) is -1.11. The van der Waals surface area contributed by atoms with Gasteiger partial charge in [-0.2, -0.15) is 4.68 Å². The highest BCUT2D eigenvalue weighted by atomic mass is 19.1. The number of carbonyl (C=O) groups is 1. The lowest BCUT2D eigenvalue weighted by atomic mass is 10.3. The third-order valence-corrected chi connectivity index (χ3v) is 3.89. The molecule has 0 bridgehead atoms. The van der Waals surface area contributed by atoms with Crippen LogP contribution in [0.4, 0.5) is 10.1 Å². The smallest absolute Gasteiger partial charge is 0.284 e. The van der Waals surface area contributed by atoms with E-state index < -0.39 is 17.3 Å². The van der Waals surface area contributed by atoms with Crippen molar-refractivity contribution < 1.29 is 9.18 Å². The van der Waals surface area contributed by atoms with Crippen LogP contribution >= 0.6 is 0 Å². The third kappa shape index (κ3) is 3.17. The van der Waals surface area contributed by atoms with Crippen LogP contribution in [0.5, 0.6) is 0 Å². The highest BCUT2D eigenvalue weighted by Gasteiger charge is 2.15. The molecule has 2 aromatic heterocycles. The molecule has 0 spiro atoms. The summed E-state index contributed by atoms with van der Waals surface area (Å²) in [7, 11) is 0. The van der Waals surface area contributed by atoms with Crippen LogP contribution in [0.1, 0.15) is 0 Å². The van der Waals surface area contributed by atoms with Crippen LogP contribution in [-0.2, 0) is 11.3 Å². The van der Waals surface area contributed by atoms with Gasteiger partial charge in [-0.3, -0.25) is 14.2 Å². The van der Waals surface area contributed by atoms with Crippen molar-refractivity contribution in [3.05, 3.63) is 77.1 Å². The maximum absolute atomic E-state index is 13.6. The molecule has 0 fully saturated rings. The number of hydrogen-bond donors (Lipinski definition) is 1. The molecule has 0 radical (unpaired) electrons. The number of aromatic nitrogens is 5. The van der Waals surface area contributed by atoms with Crippen LogP contribution in [0.25, 0.3) is 16.9 Å². The van der Waals surface area contributed by atoms with Crippen molar-refractivity contribution in [2.75, 3.05) is 5.32 Å². The van der Waals surface area contributed by atoms with Gasteiger partial charge in [-0.15, -0.1) is 5.10 Å². The summed E-state index contributed by atoms with van der Waals surface area (Å²) in [6.45, 7) is -0.325. The Morgan fingerprint density at radius 2 is 1.81 bits per heavy atom. The SMILES string of the molecule is O=C(Cn1cnc2c(nnn2-c2ccccc2)c1=O)Nc1ccccc1F. The number of amides is 1. The number of nitrogens with one attached hydrogen (secondary N) is 1. The molecule has 0 aliphatic rings. The van der Waals surface area contributed by atoms with Gasteiger partial charge in [-0.05, 0) is 24.3 Å². The van der Waals surface area contributed by atoms with E-state index in [0.717, 1.165) is 4.57 Å². The molecule has 4 aromatic rings. The highest BCUT2D eigenvalue weighted by molar-refractivity contribution is 5.90. The molecule has 27 heavy (non-hydrogen) atoms. The zero-order valence-electron chi connectivity index (χ0n) is 13.9. The summed E-state index contributed by atoms with van der Waals surface area (Å²) < 4.78 is 16.2. The molecule has 134 valence electrons. The van der Waals surface area contributed by atoms with Crippen LogP contribution in [0.15, 0.2) is 65.7 Å². The van der Waals surface area contributed by atoms with Gasteiger partial charge in [0.25, 0.3) is 5.56 Å². The van der Waals surface area contributed by atoms with E-state index >= 15 is 0 Å². The Morgan fingerprint density at radius 1 is 1.07 bits per heavy atom. The standard InChI is InChI=1S/C18H13FN6O2/c19-13-8-4-5-9-14(13)21-15(26)10-24-11-20-17-16(18(24)27)22-23-25(17)12-6-2-1-3-7-12/h1-9,11H,10H2,(H,21,26). The van der Waals surface area contributed by atoms with Gasteiger partial charge in [0, 0.05) is 0 Å². The Hall–Kier alpha value is -3.88. The van der Waals surface area contributed by atoms with Crippen molar-refractivity contribution in [2.45, 2.75) is 6.54 Å². The molecule has 9 heteroatoms. The minimum Gasteiger partial charge on any atom is -0.322 e. The third-order valence-electron chi connectivity index (χ3n) is 3.89. The fourth-order valence-corrected chi connectivity index (χ4v) is 2.61.